The summed E-state index contributed by atoms with van der Waals surface area (Å²) in [7, 11) is 0. The molecule has 0 fully saturated rings. The van der Waals surface area contributed by atoms with Crippen LogP contribution in [-0.2, 0) is 17.2 Å². The van der Waals surface area contributed by atoms with Crippen molar-refractivity contribution in [2.45, 2.75) is 0 Å². The molecule has 0 aromatic carbocycles. The van der Waals surface area contributed by atoms with Gasteiger partial charge in [-0.3, -0.25) is 4.79 Å². The van der Waals surface area contributed by atoms with Crippen LogP contribution in [0.2, 0.25) is 0 Å². The second kappa shape index (κ2) is 3.36. The maximum absolute atomic E-state index is 9.86. The van der Waals surface area contributed by atoms with Crippen LogP contribution in [0.4, 0.5) is 0 Å². The van der Waals surface area contributed by atoms with Crippen molar-refractivity contribution >= 4 is 34.3 Å². The van der Waals surface area contributed by atoms with E-state index < -0.39 is 0 Å². The van der Waals surface area contributed by atoms with E-state index in [0.717, 1.165) is 0 Å². The van der Waals surface area contributed by atoms with Crippen LogP contribution < -0.4 is 0 Å². The topological polar surface area (TPSA) is 29.4 Å². The molecule has 0 saturated heterocycles. The summed E-state index contributed by atoms with van der Waals surface area (Å²) in [6.45, 7) is 0. The maximum Gasteiger partial charge on any atom is 0.267 e. The summed E-state index contributed by atoms with van der Waals surface area (Å²) in [6.07, 6.45) is 0. The van der Waals surface area contributed by atoms with Crippen molar-refractivity contribution in [3.63, 3.8) is 0 Å². The molecule has 0 radical (unpaired) electrons. The fourth-order valence-electron chi connectivity index (χ4n) is 0.0244. The summed E-state index contributed by atoms with van der Waals surface area (Å²) < 4.78 is 2.90. The third-order valence-electron chi connectivity index (χ3n) is 0.216. The number of alkyl halides is 1. The number of carbonyl (C=O) groups excluding carboxylic acids is 1. The number of halogens is 1. The van der Waals surface area contributed by atoms with Gasteiger partial charge < -0.3 is 0 Å². The Morgan fingerprint density at radius 3 is 2.50 bits per heavy atom. The van der Waals surface area contributed by atoms with Gasteiger partial charge in [-0.2, -0.15) is 0 Å². The molecule has 0 rings (SSSR count). The molecule has 0 bridgehead atoms. The molecule has 0 aliphatic rings. The van der Waals surface area contributed by atoms with E-state index in [0.29, 0.717) is 0 Å². The van der Waals surface area contributed by atoms with E-state index in [-0.39, 0.29) is 11.2 Å². The average Bonchev–Trinajstić information content (AvgIpc) is 1.65. The first-order chi connectivity index (χ1) is 2.81. The monoisotopic (exact) mass is 167 g/mol. The lowest BCUT2D eigenvalue weighted by Gasteiger charge is -1.71. The van der Waals surface area contributed by atoms with Crippen molar-refractivity contribution in [3.8, 4) is 0 Å². The van der Waals surface area contributed by atoms with Crippen LogP contribution in [0.15, 0.2) is 4.36 Å². The van der Waals surface area contributed by atoms with Gasteiger partial charge in [0, 0.05) is 12.4 Å². The molecule has 0 unspecified atom stereocenters. The first-order valence-electron chi connectivity index (χ1n) is 1.23. The average molecular weight is 168 g/mol. The quantitative estimate of drug-likeness (QED) is 0.537. The van der Waals surface area contributed by atoms with Crippen LogP contribution in [0.3, 0.4) is 0 Å². The van der Waals surface area contributed by atoms with Gasteiger partial charge in [-0.05, 0) is 0 Å². The Labute approximate surface area is 49.2 Å². The molecule has 2 nitrogen and oxygen atoms in total. The first kappa shape index (κ1) is 6.17. The Morgan fingerprint density at radius 1 is 2.00 bits per heavy atom. The van der Waals surface area contributed by atoms with E-state index in [1.54, 1.807) is 0 Å². The van der Waals surface area contributed by atoms with Gasteiger partial charge >= 0.3 is 0 Å². The highest BCUT2D eigenvalue weighted by atomic mass is 79.9. The van der Waals surface area contributed by atoms with Gasteiger partial charge in [0.2, 0.25) is 0 Å². The Morgan fingerprint density at radius 2 is 2.50 bits per heavy atom. The Bertz CT molecular complexity index is 73.9. The van der Waals surface area contributed by atoms with Gasteiger partial charge in [0.15, 0.2) is 0 Å². The predicted molar refractivity (Wildman–Crippen MR) is 28.6 cm³/mol. The predicted octanol–water partition coefficient (Wildman–Crippen LogP) is 0.638. The number of rotatable bonds is 1. The lowest BCUT2D eigenvalue weighted by Crippen LogP contribution is -1.88. The molecule has 0 aliphatic carbocycles. The van der Waals surface area contributed by atoms with E-state index in [4.69, 9.17) is 0 Å². The van der Waals surface area contributed by atoms with Crippen molar-refractivity contribution in [1.82, 2.24) is 0 Å². The summed E-state index contributed by atoms with van der Waals surface area (Å²) in [5.74, 6) is -0.301. The zero-order valence-corrected chi connectivity index (χ0v) is 5.25. The second-order valence-electron chi connectivity index (χ2n) is 0.619. The number of nitrogens with zero attached hydrogens (tertiary/aromatic N) is 1. The smallest absolute Gasteiger partial charge is 0.267 e. The largest absolute Gasteiger partial charge is 0.271 e. The molecule has 0 heterocycles. The SMILES string of the molecule is O=C(CBr)N=S. The van der Waals surface area contributed by atoms with Crippen LogP contribution >= 0.6 is 15.9 Å². The van der Waals surface area contributed by atoms with Crippen molar-refractivity contribution in [1.29, 1.82) is 0 Å². The van der Waals surface area contributed by atoms with Crippen molar-refractivity contribution in [2.24, 2.45) is 4.36 Å². The van der Waals surface area contributed by atoms with E-state index in [2.05, 4.69) is 32.7 Å². The van der Waals surface area contributed by atoms with Crippen LogP contribution in [0.25, 0.3) is 0 Å². The number of hydrogen-bond donors (Lipinski definition) is 0. The molecule has 0 aromatic rings. The van der Waals surface area contributed by atoms with E-state index >= 15 is 0 Å². The summed E-state index contributed by atoms with van der Waals surface area (Å²) in [5, 5.41) is 0.233. The Kier molecular flexibility index (Phi) is 3.46. The van der Waals surface area contributed by atoms with Crippen LogP contribution in [-0.4, -0.2) is 11.2 Å². The lowest BCUT2D eigenvalue weighted by atomic mass is 10.8. The van der Waals surface area contributed by atoms with Crippen molar-refractivity contribution in [3.05, 3.63) is 0 Å². The van der Waals surface area contributed by atoms with Crippen molar-refractivity contribution < 1.29 is 4.79 Å². The third kappa shape index (κ3) is 2.41. The minimum Gasteiger partial charge on any atom is -0.271 e. The molecule has 6 heavy (non-hydrogen) atoms. The number of amides is 1. The Balaban J connectivity index is 3.23. The second-order valence-corrected chi connectivity index (χ2v) is 1.36. The van der Waals surface area contributed by atoms with Gasteiger partial charge in [-0.25, -0.2) is 0 Å². The van der Waals surface area contributed by atoms with Crippen molar-refractivity contribution in [2.75, 3.05) is 5.33 Å². The standard InChI is InChI=1S/C2H2BrNOS/c3-1-2(5)4-6/h1H2. The molecule has 1 amide bonds. The fraction of sp³-hybridized carbons (Fsp3) is 0.500. The van der Waals surface area contributed by atoms with Gasteiger partial charge in [-0.15, -0.1) is 4.36 Å². The highest BCUT2D eigenvalue weighted by Gasteiger charge is 1.87. The molecule has 0 saturated carbocycles. The third-order valence-corrected chi connectivity index (χ3v) is 0.899. The number of carbonyl (C=O) groups is 1. The highest BCUT2D eigenvalue weighted by molar-refractivity contribution is 9.09. The molecule has 0 aromatic heterocycles. The highest BCUT2D eigenvalue weighted by Crippen LogP contribution is 1.80. The molecular weight excluding hydrogens is 166 g/mol. The minimum absolute atomic E-state index is 0.233. The lowest BCUT2D eigenvalue weighted by molar-refractivity contribution is -0.115. The van der Waals surface area contributed by atoms with E-state index in [1.807, 2.05) is 0 Å². The summed E-state index contributed by atoms with van der Waals surface area (Å²) in [4.78, 5) is 9.86. The van der Waals surface area contributed by atoms with Gasteiger partial charge in [0.1, 0.15) is 0 Å². The van der Waals surface area contributed by atoms with Crippen LogP contribution in [0.5, 0.6) is 0 Å². The fourth-order valence-corrected chi connectivity index (χ4v) is 0.380. The molecule has 0 atom stereocenters. The molecule has 4 heteroatoms. The zero-order chi connectivity index (χ0) is 4.99. The molecule has 0 N–H and O–H groups in total. The van der Waals surface area contributed by atoms with Crippen LogP contribution in [0, 0.1) is 0 Å². The number of hydrogen-bond acceptors (Lipinski definition) is 2. The van der Waals surface area contributed by atoms with Gasteiger partial charge in [0.25, 0.3) is 5.91 Å². The maximum atomic E-state index is 9.86. The molecule has 34 valence electrons. The summed E-state index contributed by atoms with van der Waals surface area (Å²) >= 11 is 6.88. The normalized spacial score (nSPS) is 7.50. The molecule has 0 aliphatic heterocycles. The van der Waals surface area contributed by atoms with Crippen LogP contribution in [0.1, 0.15) is 0 Å². The summed E-state index contributed by atoms with van der Waals surface area (Å²) in [5.41, 5.74) is 0. The van der Waals surface area contributed by atoms with E-state index in [1.165, 1.54) is 0 Å². The van der Waals surface area contributed by atoms with E-state index in [9.17, 15) is 4.79 Å². The zero-order valence-electron chi connectivity index (χ0n) is 2.85. The Hall–Kier alpha value is 0.170. The first-order valence-corrected chi connectivity index (χ1v) is 2.72. The summed E-state index contributed by atoms with van der Waals surface area (Å²) in [6, 6.07) is 0. The molecule has 0 spiro atoms. The molecular formula is C2H2BrNOS. The minimum atomic E-state index is -0.301. The van der Waals surface area contributed by atoms with Gasteiger partial charge in [0.05, 0.1) is 5.33 Å². The van der Waals surface area contributed by atoms with Gasteiger partial charge in [-0.1, -0.05) is 15.9 Å².